The van der Waals surface area contributed by atoms with Gasteiger partial charge >= 0.3 is 5.97 Å². The summed E-state index contributed by atoms with van der Waals surface area (Å²) < 4.78 is 5.81. The second-order valence-electron chi connectivity index (χ2n) is 7.80. The molecule has 0 aromatic heterocycles. The Bertz CT molecular complexity index is 259. The van der Waals surface area contributed by atoms with Crippen molar-refractivity contribution in [3.63, 3.8) is 0 Å². The lowest BCUT2D eigenvalue weighted by atomic mass is 10.0. The van der Waals surface area contributed by atoms with Crippen molar-refractivity contribution >= 4 is 5.97 Å². The molecule has 0 spiro atoms. The molecule has 0 saturated carbocycles. The van der Waals surface area contributed by atoms with E-state index in [4.69, 9.17) is 4.74 Å². The van der Waals surface area contributed by atoms with Gasteiger partial charge in [0.25, 0.3) is 0 Å². The van der Waals surface area contributed by atoms with Gasteiger partial charge in [-0.3, -0.25) is 4.79 Å². The highest BCUT2D eigenvalue weighted by Crippen LogP contribution is 2.17. The first-order valence-electron chi connectivity index (χ1n) is 10.8. The van der Waals surface area contributed by atoms with E-state index in [1.807, 2.05) is 0 Å². The van der Waals surface area contributed by atoms with Gasteiger partial charge in [0.15, 0.2) is 0 Å². The summed E-state index contributed by atoms with van der Waals surface area (Å²) in [4.78, 5) is 12.1. The molecular weight excluding hydrogens is 296 g/mol. The average Bonchev–Trinajstić information content (AvgIpc) is 2.53. The molecular formula is C22H44O2. The van der Waals surface area contributed by atoms with Gasteiger partial charge in [-0.15, -0.1) is 0 Å². The Balaban J connectivity index is 4.02. The van der Waals surface area contributed by atoms with Crippen LogP contribution in [0.1, 0.15) is 124 Å². The molecule has 0 aromatic rings. The maximum Gasteiger partial charge on any atom is 0.306 e. The summed E-state index contributed by atoms with van der Waals surface area (Å²) in [6.45, 7) is 8.91. The minimum atomic E-state index is 0.0303. The highest BCUT2D eigenvalue weighted by Gasteiger charge is 2.14. The summed E-state index contributed by atoms with van der Waals surface area (Å²) in [6.07, 6.45) is 17.8. The SMILES string of the molecule is CCCCCCCC(CCCCCCC)OC(=O)CCCC(C)C. The maximum absolute atomic E-state index is 12.1. The van der Waals surface area contributed by atoms with Crippen molar-refractivity contribution in [2.75, 3.05) is 0 Å². The van der Waals surface area contributed by atoms with Crippen LogP contribution in [-0.4, -0.2) is 12.1 Å². The van der Waals surface area contributed by atoms with Gasteiger partial charge in [0.05, 0.1) is 0 Å². The molecule has 0 atom stereocenters. The minimum Gasteiger partial charge on any atom is -0.462 e. The second-order valence-corrected chi connectivity index (χ2v) is 7.80. The fourth-order valence-electron chi connectivity index (χ4n) is 3.11. The fourth-order valence-corrected chi connectivity index (χ4v) is 3.11. The predicted molar refractivity (Wildman–Crippen MR) is 105 cm³/mol. The van der Waals surface area contributed by atoms with Crippen LogP contribution in [0.4, 0.5) is 0 Å². The number of carbonyl (C=O) groups excluding carboxylic acids is 1. The van der Waals surface area contributed by atoms with Crippen molar-refractivity contribution < 1.29 is 9.53 Å². The molecule has 144 valence electrons. The largest absolute Gasteiger partial charge is 0.462 e. The Labute approximate surface area is 152 Å². The van der Waals surface area contributed by atoms with Crippen LogP contribution in [0.25, 0.3) is 0 Å². The zero-order valence-electron chi connectivity index (χ0n) is 17.1. The van der Waals surface area contributed by atoms with Crippen molar-refractivity contribution in [1.29, 1.82) is 0 Å². The van der Waals surface area contributed by atoms with E-state index >= 15 is 0 Å². The molecule has 0 heterocycles. The summed E-state index contributed by atoms with van der Waals surface area (Å²) in [5.41, 5.74) is 0. The number of unbranched alkanes of at least 4 members (excludes halogenated alkanes) is 8. The third-order valence-corrected chi connectivity index (χ3v) is 4.72. The second kappa shape index (κ2) is 17.3. The Kier molecular flexibility index (Phi) is 16.9. The molecule has 0 aromatic carbocycles. The first-order valence-corrected chi connectivity index (χ1v) is 10.8. The molecule has 0 radical (unpaired) electrons. The van der Waals surface area contributed by atoms with Gasteiger partial charge in [-0.25, -0.2) is 0 Å². The van der Waals surface area contributed by atoms with Gasteiger partial charge < -0.3 is 4.74 Å². The van der Waals surface area contributed by atoms with Crippen LogP contribution >= 0.6 is 0 Å². The molecule has 2 heteroatoms. The molecule has 0 aliphatic heterocycles. The zero-order chi connectivity index (χ0) is 18.0. The van der Waals surface area contributed by atoms with Crippen molar-refractivity contribution in [2.24, 2.45) is 5.92 Å². The van der Waals surface area contributed by atoms with E-state index in [-0.39, 0.29) is 12.1 Å². The van der Waals surface area contributed by atoms with Crippen molar-refractivity contribution in [3.8, 4) is 0 Å². The lowest BCUT2D eigenvalue weighted by Gasteiger charge is -2.18. The first-order chi connectivity index (χ1) is 11.6. The van der Waals surface area contributed by atoms with Gasteiger partial charge in [-0.2, -0.15) is 0 Å². The van der Waals surface area contributed by atoms with Crippen molar-refractivity contribution in [2.45, 2.75) is 130 Å². The van der Waals surface area contributed by atoms with E-state index in [1.165, 1.54) is 64.2 Å². The zero-order valence-corrected chi connectivity index (χ0v) is 17.1. The van der Waals surface area contributed by atoms with Gasteiger partial charge in [-0.1, -0.05) is 85.5 Å². The van der Waals surface area contributed by atoms with E-state index in [0.717, 1.165) is 25.7 Å². The number of esters is 1. The summed E-state index contributed by atoms with van der Waals surface area (Å²) in [5, 5.41) is 0. The molecule has 0 unspecified atom stereocenters. The Morgan fingerprint density at radius 1 is 0.708 bits per heavy atom. The van der Waals surface area contributed by atoms with Crippen LogP contribution in [0.3, 0.4) is 0 Å². The molecule has 0 fully saturated rings. The quantitative estimate of drug-likeness (QED) is 0.203. The molecule has 2 nitrogen and oxygen atoms in total. The summed E-state index contributed by atoms with van der Waals surface area (Å²) in [6, 6.07) is 0. The summed E-state index contributed by atoms with van der Waals surface area (Å²) in [7, 11) is 0. The van der Waals surface area contributed by atoms with Crippen LogP contribution in [-0.2, 0) is 9.53 Å². The monoisotopic (exact) mass is 340 g/mol. The Hall–Kier alpha value is -0.530. The van der Waals surface area contributed by atoms with E-state index in [1.54, 1.807) is 0 Å². The molecule has 0 N–H and O–H groups in total. The smallest absolute Gasteiger partial charge is 0.306 e. The van der Waals surface area contributed by atoms with E-state index in [2.05, 4.69) is 27.7 Å². The third kappa shape index (κ3) is 16.3. The number of carbonyl (C=O) groups is 1. The van der Waals surface area contributed by atoms with Crippen LogP contribution in [0, 0.1) is 5.92 Å². The molecule has 0 saturated heterocycles. The standard InChI is InChI=1S/C22H44O2/c1-5-7-9-11-13-17-21(18-14-12-10-8-6-2)24-22(23)19-15-16-20(3)4/h20-21H,5-19H2,1-4H3. The van der Waals surface area contributed by atoms with Crippen LogP contribution in [0.2, 0.25) is 0 Å². The topological polar surface area (TPSA) is 26.3 Å². The summed E-state index contributed by atoms with van der Waals surface area (Å²) >= 11 is 0. The van der Waals surface area contributed by atoms with Gasteiger partial charge in [0.2, 0.25) is 0 Å². The lowest BCUT2D eigenvalue weighted by Crippen LogP contribution is -2.18. The van der Waals surface area contributed by atoms with E-state index < -0.39 is 0 Å². The van der Waals surface area contributed by atoms with E-state index in [0.29, 0.717) is 12.3 Å². The lowest BCUT2D eigenvalue weighted by molar-refractivity contribution is -0.150. The van der Waals surface area contributed by atoms with Crippen molar-refractivity contribution in [1.82, 2.24) is 0 Å². The number of ether oxygens (including phenoxy) is 1. The highest BCUT2D eigenvalue weighted by atomic mass is 16.5. The molecule has 0 amide bonds. The summed E-state index contributed by atoms with van der Waals surface area (Å²) in [5.74, 6) is 0.702. The number of rotatable bonds is 17. The Morgan fingerprint density at radius 3 is 1.67 bits per heavy atom. The maximum atomic E-state index is 12.1. The number of hydrogen-bond acceptors (Lipinski definition) is 2. The minimum absolute atomic E-state index is 0.0303. The third-order valence-electron chi connectivity index (χ3n) is 4.72. The van der Waals surface area contributed by atoms with Gasteiger partial charge in [0, 0.05) is 6.42 Å². The average molecular weight is 341 g/mol. The molecule has 0 rings (SSSR count). The molecule has 0 aliphatic rings. The van der Waals surface area contributed by atoms with Gasteiger partial charge in [0.1, 0.15) is 6.10 Å². The first kappa shape index (κ1) is 23.5. The van der Waals surface area contributed by atoms with Gasteiger partial charge in [-0.05, 0) is 38.0 Å². The van der Waals surface area contributed by atoms with Crippen LogP contribution in [0.15, 0.2) is 0 Å². The van der Waals surface area contributed by atoms with Crippen molar-refractivity contribution in [3.05, 3.63) is 0 Å². The number of hydrogen-bond donors (Lipinski definition) is 0. The van der Waals surface area contributed by atoms with Crippen LogP contribution < -0.4 is 0 Å². The molecule has 24 heavy (non-hydrogen) atoms. The molecule has 0 bridgehead atoms. The molecule has 0 aliphatic carbocycles. The van der Waals surface area contributed by atoms with Crippen LogP contribution in [0.5, 0.6) is 0 Å². The normalized spacial score (nSPS) is 11.4. The van der Waals surface area contributed by atoms with E-state index in [9.17, 15) is 4.79 Å². The fraction of sp³-hybridized carbons (Fsp3) is 0.955. The Morgan fingerprint density at radius 2 is 1.21 bits per heavy atom. The highest BCUT2D eigenvalue weighted by molar-refractivity contribution is 5.69. The predicted octanol–water partition coefficient (Wildman–Crippen LogP) is 7.45.